The van der Waals surface area contributed by atoms with E-state index in [1.165, 1.54) is 21.9 Å². The van der Waals surface area contributed by atoms with E-state index in [-0.39, 0.29) is 0 Å². The van der Waals surface area contributed by atoms with Crippen LogP contribution in [0.4, 0.5) is 0 Å². The third-order valence-corrected chi connectivity index (χ3v) is 5.04. The van der Waals surface area contributed by atoms with E-state index >= 15 is 0 Å². The van der Waals surface area contributed by atoms with Gasteiger partial charge >= 0.3 is 0 Å². The number of ether oxygens (including phenoxy) is 1. The van der Waals surface area contributed by atoms with Crippen LogP contribution < -0.4 is 0 Å². The molecule has 0 bridgehead atoms. The van der Waals surface area contributed by atoms with Gasteiger partial charge in [0.1, 0.15) is 4.99 Å². The van der Waals surface area contributed by atoms with Crippen LogP contribution in [0.15, 0.2) is 54.9 Å². The summed E-state index contributed by atoms with van der Waals surface area (Å²) in [6, 6.07) is 15.0. The van der Waals surface area contributed by atoms with Crippen molar-refractivity contribution in [3.63, 3.8) is 0 Å². The first-order chi connectivity index (χ1) is 11.7. The van der Waals surface area contributed by atoms with Gasteiger partial charge < -0.3 is 14.2 Å². The van der Waals surface area contributed by atoms with Crippen LogP contribution in [-0.2, 0) is 11.8 Å². The van der Waals surface area contributed by atoms with Gasteiger partial charge in [0.25, 0.3) is 0 Å². The zero-order chi connectivity index (χ0) is 16.5. The summed E-state index contributed by atoms with van der Waals surface area (Å²) >= 11 is 5.82. The lowest BCUT2D eigenvalue weighted by atomic mass is 9.97. The molecule has 0 spiro atoms. The number of nitrogens with zero attached hydrogens (tertiary/aromatic N) is 2. The smallest absolute Gasteiger partial charge is 0.111 e. The highest BCUT2D eigenvalue weighted by Crippen LogP contribution is 2.32. The summed E-state index contributed by atoms with van der Waals surface area (Å²) in [5.74, 6) is 0. The fourth-order valence-corrected chi connectivity index (χ4v) is 3.71. The Balaban J connectivity index is 1.82. The molecule has 2 heterocycles. The Labute approximate surface area is 147 Å². The topological polar surface area (TPSA) is 17.4 Å². The van der Waals surface area contributed by atoms with Crippen LogP contribution >= 0.6 is 12.2 Å². The van der Waals surface area contributed by atoms with Crippen molar-refractivity contribution in [2.75, 3.05) is 26.3 Å². The number of rotatable bonds is 2. The third-order valence-electron chi connectivity index (χ3n) is 4.56. The van der Waals surface area contributed by atoms with Crippen LogP contribution in [0.1, 0.15) is 5.56 Å². The lowest BCUT2D eigenvalue weighted by Crippen LogP contribution is -2.40. The van der Waals surface area contributed by atoms with E-state index in [0.717, 1.165) is 36.9 Å². The van der Waals surface area contributed by atoms with Crippen molar-refractivity contribution in [2.24, 2.45) is 7.05 Å². The highest BCUT2D eigenvalue weighted by molar-refractivity contribution is 7.80. The molecular formula is C20H20N2OS. The number of aryl methyl sites for hydroxylation is 1. The van der Waals surface area contributed by atoms with E-state index in [1.807, 2.05) is 0 Å². The molecule has 2 aromatic carbocycles. The van der Waals surface area contributed by atoms with Crippen LogP contribution in [-0.4, -0.2) is 40.8 Å². The van der Waals surface area contributed by atoms with Gasteiger partial charge in [-0.1, -0.05) is 54.7 Å². The summed E-state index contributed by atoms with van der Waals surface area (Å²) < 4.78 is 7.55. The first-order valence-electron chi connectivity index (χ1n) is 8.25. The maximum atomic E-state index is 5.82. The van der Waals surface area contributed by atoms with Gasteiger partial charge in [-0.05, 0) is 16.3 Å². The molecule has 4 heteroatoms. The summed E-state index contributed by atoms with van der Waals surface area (Å²) in [5, 5.41) is 2.51. The van der Waals surface area contributed by atoms with E-state index in [4.69, 9.17) is 17.0 Å². The van der Waals surface area contributed by atoms with Crippen molar-refractivity contribution in [3.05, 3.63) is 60.4 Å². The van der Waals surface area contributed by atoms with Crippen molar-refractivity contribution in [1.29, 1.82) is 0 Å². The van der Waals surface area contributed by atoms with Gasteiger partial charge in [0.15, 0.2) is 0 Å². The Kier molecular flexibility index (Phi) is 4.08. The fraction of sp³-hybridized carbons (Fsp3) is 0.250. The van der Waals surface area contributed by atoms with Crippen molar-refractivity contribution in [3.8, 4) is 11.1 Å². The van der Waals surface area contributed by atoms with Gasteiger partial charge in [-0.15, -0.1) is 0 Å². The van der Waals surface area contributed by atoms with Crippen molar-refractivity contribution in [2.45, 2.75) is 0 Å². The van der Waals surface area contributed by atoms with E-state index in [9.17, 15) is 0 Å². The third kappa shape index (κ3) is 2.72. The van der Waals surface area contributed by atoms with Gasteiger partial charge in [-0.25, -0.2) is 0 Å². The summed E-state index contributed by atoms with van der Waals surface area (Å²) in [7, 11) is 2.06. The highest BCUT2D eigenvalue weighted by atomic mass is 32.1. The van der Waals surface area contributed by atoms with Gasteiger partial charge in [-0.2, -0.15) is 0 Å². The highest BCUT2D eigenvalue weighted by Gasteiger charge is 2.20. The SMILES string of the molecule is Cn1cc(C(=S)N2CCOCC2)c(-c2cccc3ccccc23)c1. The van der Waals surface area contributed by atoms with Gasteiger partial charge in [0, 0.05) is 43.7 Å². The lowest BCUT2D eigenvalue weighted by molar-refractivity contribution is 0.0693. The second-order valence-corrected chi connectivity index (χ2v) is 6.57. The average Bonchev–Trinajstić information content (AvgIpc) is 3.03. The number of hydrogen-bond donors (Lipinski definition) is 0. The molecule has 1 aromatic heterocycles. The van der Waals surface area contributed by atoms with Crippen molar-refractivity contribution >= 4 is 28.0 Å². The number of fused-ring (bicyclic) bond motifs is 1. The first kappa shape index (κ1) is 15.4. The number of thiocarbonyl (C=S) groups is 1. The van der Waals surface area contributed by atoms with Crippen LogP contribution in [0.2, 0.25) is 0 Å². The predicted octanol–water partition coefficient (Wildman–Crippen LogP) is 3.85. The maximum absolute atomic E-state index is 5.82. The van der Waals surface area contributed by atoms with Crippen LogP contribution in [0.5, 0.6) is 0 Å². The maximum Gasteiger partial charge on any atom is 0.111 e. The molecule has 0 amide bonds. The number of aromatic nitrogens is 1. The minimum Gasteiger partial charge on any atom is -0.378 e. The Morgan fingerprint density at radius 1 is 0.958 bits per heavy atom. The van der Waals surface area contributed by atoms with E-state index < -0.39 is 0 Å². The van der Waals surface area contributed by atoms with Crippen LogP contribution in [0, 0.1) is 0 Å². The Morgan fingerprint density at radius 3 is 2.54 bits per heavy atom. The monoisotopic (exact) mass is 336 g/mol. The Morgan fingerprint density at radius 2 is 1.71 bits per heavy atom. The Bertz CT molecular complexity index is 888. The Hall–Kier alpha value is -2.17. The fourth-order valence-electron chi connectivity index (χ4n) is 3.37. The molecule has 3 nitrogen and oxygen atoms in total. The van der Waals surface area contributed by atoms with Crippen molar-refractivity contribution in [1.82, 2.24) is 9.47 Å². The molecule has 0 unspecified atom stereocenters. The molecule has 122 valence electrons. The molecular weight excluding hydrogens is 316 g/mol. The summed E-state index contributed by atoms with van der Waals surface area (Å²) in [6.45, 7) is 3.22. The largest absolute Gasteiger partial charge is 0.378 e. The average molecular weight is 336 g/mol. The molecule has 24 heavy (non-hydrogen) atoms. The van der Waals surface area contributed by atoms with Crippen LogP contribution in [0.3, 0.4) is 0 Å². The minimum absolute atomic E-state index is 0.747. The zero-order valence-corrected chi connectivity index (χ0v) is 14.6. The van der Waals surface area contributed by atoms with Gasteiger partial charge in [0.2, 0.25) is 0 Å². The van der Waals surface area contributed by atoms with Gasteiger partial charge in [-0.3, -0.25) is 0 Å². The molecule has 0 N–H and O–H groups in total. The standard InChI is InChI=1S/C20H20N2OS/c1-21-13-18(17-8-4-6-15-5-2-3-7-16(15)17)19(14-21)20(24)22-9-11-23-12-10-22/h2-8,13-14H,9-12H2,1H3. The van der Waals surface area contributed by atoms with Crippen molar-refractivity contribution < 1.29 is 4.74 Å². The van der Waals surface area contributed by atoms with Gasteiger partial charge in [0.05, 0.1) is 13.2 Å². The molecule has 0 atom stereocenters. The predicted molar refractivity (Wildman–Crippen MR) is 102 cm³/mol. The molecule has 0 aliphatic carbocycles. The molecule has 0 radical (unpaired) electrons. The summed E-state index contributed by atoms with van der Waals surface area (Å²) in [6.07, 6.45) is 4.30. The second-order valence-electron chi connectivity index (χ2n) is 6.18. The normalized spacial score (nSPS) is 15.0. The zero-order valence-electron chi connectivity index (χ0n) is 13.7. The van der Waals surface area contributed by atoms with E-state index in [0.29, 0.717) is 0 Å². The quantitative estimate of drug-likeness (QED) is 0.662. The summed E-state index contributed by atoms with van der Waals surface area (Å²) in [5.41, 5.74) is 3.57. The molecule has 0 saturated carbocycles. The number of morpholine rings is 1. The number of benzene rings is 2. The molecule has 1 aliphatic rings. The van der Waals surface area contributed by atoms with Crippen LogP contribution in [0.25, 0.3) is 21.9 Å². The number of hydrogen-bond acceptors (Lipinski definition) is 2. The first-order valence-corrected chi connectivity index (χ1v) is 8.66. The molecule has 1 fully saturated rings. The molecule has 1 saturated heterocycles. The summed E-state index contributed by atoms with van der Waals surface area (Å²) in [4.78, 5) is 3.17. The second kappa shape index (κ2) is 6.38. The minimum atomic E-state index is 0.747. The molecule has 4 rings (SSSR count). The lowest BCUT2D eigenvalue weighted by Gasteiger charge is -2.29. The van der Waals surface area contributed by atoms with E-state index in [2.05, 4.69) is 71.4 Å². The van der Waals surface area contributed by atoms with E-state index in [1.54, 1.807) is 0 Å². The molecule has 1 aliphatic heterocycles. The molecule has 3 aromatic rings.